The van der Waals surface area contributed by atoms with E-state index in [1.54, 1.807) is 17.4 Å². The van der Waals surface area contributed by atoms with Gasteiger partial charge >= 0.3 is 5.97 Å². The van der Waals surface area contributed by atoms with Gasteiger partial charge < -0.3 is 19.3 Å². The number of carboxylic acids is 1. The molecule has 2 aromatic carbocycles. The van der Waals surface area contributed by atoms with Crippen LogP contribution in [-0.4, -0.2) is 43.0 Å². The standard InChI is InChI=1S/C26H28ClN5O3S/c1-14-10-19-24(36-25(28-19)31-8-9-32-15(2)29-30-21(32)13-31)23(18(14)12-22(33)34)17-7-6-16(27)11-20(17)35-26(3,4)5/h6-7,10-11H,8-9,12-13H2,1-5H3,(H,33,34). The van der Waals surface area contributed by atoms with Gasteiger partial charge in [0.15, 0.2) is 11.0 Å². The third kappa shape index (κ3) is 4.65. The maximum Gasteiger partial charge on any atom is 0.307 e. The molecule has 4 aromatic rings. The zero-order valence-electron chi connectivity index (χ0n) is 20.9. The Hall–Kier alpha value is -3.17. The van der Waals surface area contributed by atoms with E-state index in [0.717, 1.165) is 62.3 Å². The number of aryl methyl sites for hydroxylation is 2. The van der Waals surface area contributed by atoms with Gasteiger partial charge in [0.1, 0.15) is 17.2 Å². The van der Waals surface area contributed by atoms with Crippen molar-refractivity contribution in [3.63, 3.8) is 0 Å². The Balaban J connectivity index is 1.69. The Morgan fingerprint density at radius 1 is 1.19 bits per heavy atom. The Kier molecular flexibility index (Phi) is 6.16. The fourth-order valence-electron chi connectivity index (χ4n) is 4.61. The highest BCUT2D eigenvalue weighted by Gasteiger charge is 2.26. The molecule has 5 rings (SSSR count). The first-order valence-electron chi connectivity index (χ1n) is 11.8. The maximum absolute atomic E-state index is 11.9. The summed E-state index contributed by atoms with van der Waals surface area (Å²) in [7, 11) is 0. The first-order chi connectivity index (χ1) is 17.0. The summed E-state index contributed by atoms with van der Waals surface area (Å²) in [5.74, 6) is 1.56. The lowest BCUT2D eigenvalue weighted by Crippen LogP contribution is -2.34. The predicted octanol–water partition coefficient (Wildman–Crippen LogP) is 5.65. The molecular weight excluding hydrogens is 498 g/mol. The van der Waals surface area contributed by atoms with E-state index in [-0.39, 0.29) is 6.42 Å². The molecular formula is C26H28ClN5O3S. The van der Waals surface area contributed by atoms with Crippen LogP contribution < -0.4 is 9.64 Å². The number of halogens is 1. The van der Waals surface area contributed by atoms with Crippen molar-refractivity contribution in [3.05, 3.63) is 52.1 Å². The predicted molar refractivity (Wildman–Crippen MR) is 142 cm³/mol. The van der Waals surface area contributed by atoms with Crippen molar-refractivity contribution in [1.29, 1.82) is 0 Å². The monoisotopic (exact) mass is 525 g/mol. The zero-order chi connectivity index (χ0) is 25.8. The second kappa shape index (κ2) is 9.05. The van der Waals surface area contributed by atoms with Gasteiger partial charge in [0.25, 0.3) is 0 Å². The van der Waals surface area contributed by atoms with Gasteiger partial charge in [0, 0.05) is 29.2 Å². The minimum atomic E-state index is -0.888. The number of benzene rings is 2. The molecule has 2 aromatic heterocycles. The summed E-state index contributed by atoms with van der Waals surface area (Å²) in [6.07, 6.45) is -0.103. The average Bonchev–Trinajstić information content (AvgIpc) is 3.37. The van der Waals surface area contributed by atoms with Crippen LogP contribution in [0.5, 0.6) is 5.75 Å². The minimum absolute atomic E-state index is 0.103. The van der Waals surface area contributed by atoms with E-state index in [0.29, 0.717) is 17.3 Å². The molecule has 36 heavy (non-hydrogen) atoms. The largest absolute Gasteiger partial charge is 0.487 e. The van der Waals surface area contributed by atoms with E-state index in [1.807, 2.05) is 52.8 Å². The van der Waals surface area contributed by atoms with Crippen molar-refractivity contribution in [2.45, 2.75) is 59.7 Å². The van der Waals surface area contributed by atoms with E-state index in [9.17, 15) is 9.90 Å². The van der Waals surface area contributed by atoms with E-state index < -0.39 is 11.6 Å². The molecule has 0 saturated carbocycles. The van der Waals surface area contributed by atoms with Gasteiger partial charge in [0.05, 0.1) is 23.2 Å². The SMILES string of the molecule is Cc1cc2nc(N3CCn4c(C)nnc4C3)sc2c(-c2ccc(Cl)cc2OC(C)(C)C)c1CC(=O)O. The van der Waals surface area contributed by atoms with Crippen LogP contribution >= 0.6 is 22.9 Å². The number of aliphatic carboxylic acids is 1. The van der Waals surface area contributed by atoms with Crippen molar-refractivity contribution in [2.75, 3.05) is 11.4 Å². The molecule has 0 unspecified atom stereocenters. The van der Waals surface area contributed by atoms with Gasteiger partial charge in [-0.3, -0.25) is 4.79 Å². The lowest BCUT2D eigenvalue weighted by atomic mass is 9.92. The van der Waals surface area contributed by atoms with Crippen molar-refractivity contribution >= 4 is 44.3 Å². The molecule has 3 heterocycles. The van der Waals surface area contributed by atoms with Crippen LogP contribution in [0.4, 0.5) is 5.13 Å². The molecule has 8 nitrogen and oxygen atoms in total. The fourth-order valence-corrected chi connectivity index (χ4v) is 5.92. The van der Waals surface area contributed by atoms with Gasteiger partial charge in [-0.2, -0.15) is 0 Å². The van der Waals surface area contributed by atoms with Gasteiger partial charge in [-0.15, -0.1) is 10.2 Å². The van der Waals surface area contributed by atoms with Crippen LogP contribution in [0.15, 0.2) is 24.3 Å². The summed E-state index contributed by atoms with van der Waals surface area (Å²) in [6.45, 7) is 12.0. The number of aromatic nitrogens is 4. The van der Waals surface area contributed by atoms with Gasteiger partial charge in [0.2, 0.25) is 0 Å². The molecule has 0 aliphatic carbocycles. The molecule has 10 heteroatoms. The summed E-state index contributed by atoms with van der Waals surface area (Å²) in [5.41, 5.74) is 3.64. The van der Waals surface area contributed by atoms with Crippen LogP contribution in [0.3, 0.4) is 0 Å². The normalized spacial score (nSPS) is 13.8. The molecule has 1 N–H and O–H groups in total. The third-order valence-electron chi connectivity index (χ3n) is 6.17. The molecule has 0 atom stereocenters. The number of carbonyl (C=O) groups is 1. The van der Waals surface area contributed by atoms with Crippen molar-refractivity contribution < 1.29 is 14.6 Å². The van der Waals surface area contributed by atoms with Crippen LogP contribution in [0.2, 0.25) is 5.02 Å². The van der Waals surface area contributed by atoms with E-state index in [4.69, 9.17) is 21.3 Å². The molecule has 0 saturated heterocycles. The number of hydrogen-bond acceptors (Lipinski definition) is 7. The fraction of sp³-hybridized carbons (Fsp3) is 0.385. The molecule has 0 amide bonds. The number of thiazole rings is 1. The molecule has 0 spiro atoms. The van der Waals surface area contributed by atoms with Crippen LogP contribution in [0, 0.1) is 13.8 Å². The highest BCUT2D eigenvalue weighted by Crippen LogP contribution is 2.45. The van der Waals surface area contributed by atoms with E-state index >= 15 is 0 Å². The van der Waals surface area contributed by atoms with Crippen molar-refractivity contribution in [3.8, 4) is 16.9 Å². The first-order valence-corrected chi connectivity index (χ1v) is 13.0. The quantitative estimate of drug-likeness (QED) is 0.360. The van der Waals surface area contributed by atoms with E-state index in [2.05, 4.69) is 19.7 Å². The maximum atomic E-state index is 11.9. The molecule has 0 radical (unpaired) electrons. The van der Waals surface area contributed by atoms with Gasteiger partial charge in [-0.05, 0) is 70.0 Å². The number of carboxylic acid groups (broad SMARTS) is 1. The summed E-state index contributed by atoms with van der Waals surface area (Å²) in [5, 5.41) is 19.7. The highest BCUT2D eigenvalue weighted by molar-refractivity contribution is 7.22. The number of rotatable bonds is 5. The smallest absolute Gasteiger partial charge is 0.307 e. The molecule has 0 fully saturated rings. The van der Waals surface area contributed by atoms with Crippen LogP contribution in [0.25, 0.3) is 21.3 Å². The first kappa shape index (κ1) is 24.5. The van der Waals surface area contributed by atoms with E-state index in [1.165, 1.54) is 0 Å². The lowest BCUT2D eigenvalue weighted by Gasteiger charge is -2.27. The van der Waals surface area contributed by atoms with Crippen molar-refractivity contribution in [1.82, 2.24) is 19.7 Å². The molecule has 0 bridgehead atoms. The second-order valence-corrected chi connectivity index (χ2v) is 11.5. The Morgan fingerprint density at radius 2 is 1.97 bits per heavy atom. The van der Waals surface area contributed by atoms with Crippen LogP contribution in [-0.2, 0) is 24.3 Å². The van der Waals surface area contributed by atoms with Crippen molar-refractivity contribution in [2.24, 2.45) is 0 Å². The molecule has 188 valence electrons. The summed E-state index contributed by atoms with van der Waals surface area (Å²) in [4.78, 5) is 19.1. The number of fused-ring (bicyclic) bond motifs is 2. The summed E-state index contributed by atoms with van der Waals surface area (Å²) < 4.78 is 9.37. The number of anilines is 1. The Labute approximate surface area is 218 Å². The highest BCUT2D eigenvalue weighted by atomic mass is 35.5. The Morgan fingerprint density at radius 3 is 2.69 bits per heavy atom. The number of nitrogens with zero attached hydrogens (tertiary/aromatic N) is 5. The number of ether oxygens (including phenoxy) is 1. The zero-order valence-corrected chi connectivity index (χ0v) is 22.5. The topological polar surface area (TPSA) is 93.4 Å². The van der Waals surface area contributed by atoms with Gasteiger partial charge in [-0.1, -0.05) is 22.9 Å². The molecule has 1 aliphatic heterocycles. The van der Waals surface area contributed by atoms with Gasteiger partial charge in [-0.25, -0.2) is 4.98 Å². The molecule has 1 aliphatic rings. The minimum Gasteiger partial charge on any atom is -0.487 e. The lowest BCUT2D eigenvalue weighted by molar-refractivity contribution is -0.136. The Bertz CT molecular complexity index is 1490. The second-order valence-electron chi connectivity index (χ2n) is 10.1. The van der Waals surface area contributed by atoms with Crippen LogP contribution in [0.1, 0.15) is 43.5 Å². The number of hydrogen-bond donors (Lipinski definition) is 1. The summed E-state index contributed by atoms with van der Waals surface area (Å²) in [6, 6.07) is 7.50. The summed E-state index contributed by atoms with van der Waals surface area (Å²) >= 11 is 7.92. The average molecular weight is 526 g/mol. The third-order valence-corrected chi connectivity index (χ3v) is 7.55.